The third-order valence-electron chi connectivity index (χ3n) is 4.36. The van der Waals surface area contributed by atoms with Gasteiger partial charge >= 0.3 is 11.9 Å². The molecule has 0 atom stereocenters. The number of thiophene rings is 1. The van der Waals surface area contributed by atoms with Crippen LogP contribution in [0.2, 0.25) is 0 Å². The number of benzene rings is 1. The van der Waals surface area contributed by atoms with E-state index in [1.807, 2.05) is 18.2 Å². The molecule has 2 heterocycles. The number of nitrogens with zero attached hydrogens (tertiary/aromatic N) is 3. The lowest BCUT2D eigenvalue weighted by atomic mass is 10.1. The SMILES string of the molecule is CCOC(=O)c1sc(N=Nc2c(C)[nH]n(-c3ccccc3)c2=O)c(C(=O)OCC)c1C. The number of aromatic nitrogens is 2. The highest BCUT2D eigenvalue weighted by molar-refractivity contribution is 7.18. The molecule has 3 aromatic rings. The van der Waals surface area contributed by atoms with Gasteiger partial charge < -0.3 is 9.47 Å². The molecule has 9 nitrogen and oxygen atoms in total. The molecule has 31 heavy (non-hydrogen) atoms. The summed E-state index contributed by atoms with van der Waals surface area (Å²) in [7, 11) is 0. The van der Waals surface area contributed by atoms with Crippen molar-refractivity contribution in [2.75, 3.05) is 13.2 Å². The quantitative estimate of drug-likeness (QED) is 0.424. The maximum atomic E-state index is 12.8. The van der Waals surface area contributed by atoms with Crippen molar-refractivity contribution < 1.29 is 19.1 Å². The zero-order valence-corrected chi connectivity index (χ0v) is 18.4. The number of nitrogens with one attached hydrogen (secondary N) is 1. The smallest absolute Gasteiger partial charge is 0.348 e. The van der Waals surface area contributed by atoms with Gasteiger partial charge in [-0.25, -0.2) is 14.3 Å². The van der Waals surface area contributed by atoms with Gasteiger partial charge in [-0.2, -0.15) is 0 Å². The number of H-pyrrole nitrogens is 1. The second-order valence-corrected chi connectivity index (χ2v) is 7.44. The summed E-state index contributed by atoms with van der Waals surface area (Å²) in [6.45, 7) is 7.06. The maximum absolute atomic E-state index is 12.8. The third-order valence-corrected chi connectivity index (χ3v) is 5.52. The number of aromatic amines is 1. The van der Waals surface area contributed by atoms with Gasteiger partial charge in [-0.3, -0.25) is 9.89 Å². The molecule has 0 radical (unpaired) electrons. The van der Waals surface area contributed by atoms with E-state index in [-0.39, 0.29) is 39.9 Å². The van der Waals surface area contributed by atoms with E-state index in [0.717, 1.165) is 11.3 Å². The summed E-state index contributed by atoms with van der Waals surface area (Å²) in [5.74, 6) is -1.17. The molecule has 2 aromatic heterocycles. The van der Waals surface area contributed by atoms with Crippen molar-refractivity contribution >= 4 is 34.0 Å². The highest BCUT2D eigenvalue weighted by Gasteiger charge is 2.26. The van der Waals surface area contributed by atoms with Gasteiger partial charge in [0.05, 0.1) is 24.6 Å². The Balaban J connectivity index is 2.05. The first-order chi connectivity index (χ1) is 14.9. The van der Waals surface area contributed by atoms with Crippen LogP contribution in [0.5, 0.6) is 0 Å². The van der Waals surface area contributed by atoms with Gasteiger partial charge in [-0.1, -0.05) is 18.2 Å². The first kappa shape index (κ1) is 22.2. The third kappa shape index (κ3) is 4.48. The number of hydrogen-bond acceptors (Lipinski definition) is 8. The number of carbonyl (C=O) groups excluding carboxylic acids is 2. The average Bonchev–Trinajstić information content (AvgIpc) is 3.23. The normalized spacial score (nSPS) is 11.1. The Morgan fingerprint density at radius 1 is 1.03 bits per heavy atom. The molecule has 0 aliphatic heterocycles. The van der Waals surface area contributed by atoms with Crippen LogP contribution in [0.1, 0.15) is 45.1 Å². The molecule has 0 bridgehead atoms. The van der Waals surface area contributed by atoms with Gasteiger partial charge in [0.15, 0.2) is 10.7 Å². The van der Waals surface area contributed by atoms with E-state index < -0.39 is 11.9 Å². The lowest BCUT2D eigenvalue weighted by molar-refractivity contribution is 0.0527. The molecule has 0 amide bonds. The number of azo groups is 1. The number of rotatable bonds is 7. The molecular formula is C21H22N4O5S. The number of para-hydroxylation sites is 1. The Labute approximate surface area is 182 Å². The Kier molecular flexibility index (Phi) is 6.81. The van der Waals surface area contributed by atoms with Crippen LogP contribution in [0.4, 0.5) is 10.7 Å². The molecule has 0 aliphatic rings. The molecule has 10 heteroatoms. The van der Waals surface area contributed by atoms with E-state index in [0.29, 0.717) is 16.9 Å². The number of hydrogen-bond donors (Lipinski definition) is 1. The fraction of sp³-hybridized carbons (Fsp3) is 0.286. The zero-order chi connectivity index (χ0) is 22.5. The first-order valence-electron chi connectivity index (χ1n) is 9.65. The van der Waals surface area contributed by atoms with E-state index in [9.17, 15) is 14.4 Å². The van der Waals surface area contributed by atoms with E-state index in [1.54, 1.807) is 39.8 Å². The maximum Gasteiger partial charge on any atom is 0.348 e. The van der Waals surface area contributed by atoms with Crippen molar-refractivity contribution in [3.63, 3.8) is 0 Å². The second-order valence-electron chi connectivity index (χ2n) is 6.44. The highest BCUT2D eigenvalue weighted by Crippen LogP contribution is 2.37. The minimum Gasteiger partial charge on any atom is -0.462 e. The van der Waals surface area contributed by atoms with Crippen molar-refractivity contribution in [2.45, 2.75) is 27.7 Å². The lowest BCUT2D eigenvalue weighted by Crippen LogP contribution is -2.13. The van der Waals surface area contributed by atoms with Gasteiger partial charge in [-0.05, 0) is 45.4 Å². The molecule has 3 rings (SSSR count). The Morgan fingerprint density at radius 3 is 2.32 bits per heavy atom. The van der Waals surface area contributed by atoms with Crippen LogP contribution < -0.4 is 5.56 Å². The Hall–Kier alpha value is -3.53. The van der Waals surface area contributed by atoms with E-state index in [2.05, 4.69) is 15.3 Å². The number of ether oxygens (including phenoxy) is 2. The Morgan fingerprint density at radius 2 is 1.68 bits per heavy atom. The Bertz CT molecular complexity index is 1190. The van der Waals surface area contributed by atoms with Gasteiger partial charge in [0, 0.05) is 0 Å². The molecule has 0 saturated heterocycles. The van der Waals surface area contributed by atoms with Gasteiger partial charge in [0.2, 0.25) is 0 Å². The van der Waals surface area contributed by atoms with E-state index in [4.69, 9.17) is 9.47 Å². The summed E-state index contributed by atoms with van der Waals surface area (Å²) in [6.07, 6.45) is 0. The highest BCUT2D eigenvalue weighted by atomic mass is 32.1. The largest absolute Gasteiger partial charge is 0.462 e. The van der Waals surface area contributed by atoms with Gasteiger partial charge in [-0.15, -0.1) is 21.6 Å². The summed E-state index contributed by atoms with van der Waals surface area (Å²) < 4.78 is 11.5. The fourth-order valence-corrected chi connectivity index (χ4v) is 3.92. The predicted molar refractivity (Wildman–Crippen MR) is 116 cm³/mol. The van der Waals surface area contributed by atoms with Crippen LogP contribution >= 0.6 is 11.3 Å². The predicted octanol–water partition coefficient (Wildman–Crippen LogP) is 4.61. The number of carbonyl (C=O) groups is 2. The fourth-order valence-electron chi connectivity index (χ4n) is 2.91. The molecule has 0 saturated carbocycles. The summed E-state index contributed by atoms with van der Waals surface area (Å²) in [5, 5.41) is 11.4. The van der Waals surface area contributed by atoms with Gasteiger partial charge in [0.1, 0.15) is 10.4 Å². The van der Waals surface area contributed by atoms with Crippen LogP contribution in [-0.2, 0) is 9.47 Å². The van der Waals surface area contributed by atoms with Crippen LogP contribution in [0.15, 0.2) is 45.4 Å². The molecule has 0 aliphatic carbocycles. The van der Waals surface area contributed by atoms with Crippen molar-refractivity contribution in [3.8, 4) is 5.69 Å². The van der Waals surface area contributed by atoms with Crippen LogP contribution in [0.3, 0.4) is 0 Å². The number of esters is 2. The van der Waals surface area contributed by atoms with Crippen molar-refractivity contribution in [1.82, 2.24) is 9.78 Å². The van der Waals surface area contributed by atoms with Crippen molar-refractivity contribution in [1.29, 1.82) is 0 Å². The minimum absolute atomic E-state index is 0.0994. The zero-order valence-electron chi connectivity index (χ0n) is 17.6. The molecule has 0 spiro atoms. The summed E-state index contributed by atoms with van der Waals surface area (Å²) in [5.41, 5.74) is 1.42. The standard InChI is InChI=1S/C21H22N4O5S/c1-5-29-20(27)15-12(3)17(21(28)30-6-2)31-18(15)23-22-16-13(4)24-25(19(16)26)14-10-8-7-9-11-14/h7-11,24H,5-6H2,1-4H3. The number of aryl methyl sites for hydroxylation is 1. The van der Waals surface area contributed by atoms with Crippen LogP contribution in [0, 0.1) is 13.8 Å². The molecule has 1 aromatic carbocycles. The van der Waals surface area contributed by atoms with E-state index in [1.165, 1.54) is 4.68 Å². The summed E-state index contributed by atoms with van der Waals surface area (Å²) in [6, 6.07) is 9.05. The van der Waals surface area contributed by atoms with Crippen LogP contribution in [-0.4, -0.2) is 34.9 Å². The lowest BCUT2D eigenvalue weighted by Gasteiger charge is -2.02. The summed E-state index contributed by atoms with van der Waals surface area (Å²) in [4.78, 5) is 37.8. The average molecular weight is 442 g/mol. The minimum atomic E-state index is -0.617. The molecule has 0 unspecified atom stereocenters. The molecule has 162 valence electrons. The van der Waals surface area contributed by atoms with Crippen LogP contribution in [0.25, 0.3) is 5.69 Å². The summed E-state index contributed by atoms with van der Waals surface area (Å²) >= 11 is 0.968. The molecular weight excluding hydrogens is 420 g/mol. The van der Waals surface area contributed by atoms with Crippen molar-refractivity contribution in [3.05, 3.63) is 62.4 Å². The molecule has 1 N–H and O–H groups in total. The first-order valence-corrected chi connectivity index (χ1v) is 10.5. The van der Waals surface area contributed by atoms with Gasteiger partial charge in [0.25, 0.3) is 5.56 Å². The molecule has 0 fully saturated rings. The topological polar surface area (TPSA) is 115 Å². The monoisotopic (exact) mass is 442 g/mol. The van der Waals surface area contributed by atoms with E-state index >= 15 is 0 Å². The van der Waals surface area contributed by atoms with Crippen molar-refractivity contribution in [2.24, 2.45) is 10.2 Å². The second kappa shape index (κ2) is 9.52.